The van der Waals surface area contributed by atoms with Gasteiger partial charge in [0, 0.05) is 57.8 Å². The minimum atomic E-state index is -0.0270. The summed E-state index contributed by atoms with van der Waals surface area (Å²) in [6.45, 7) is 18.6. The average molecular weight is 837 g/mol. The van der Waals surface area contributed by atoms with E-state index in [0.717, 1.165) is 73.0 Å². The highest BCUT2D eigenvalue weighted by atomic mass is 16.5. The van der Waals surface area contributed by atoms with Crippen molar-refractivity contribution in [2.75, 3.05) is 16.5 Å². The second-order valence-electron chi connectivity index (χ2n) is 19.4. The van der Waals surface area contributed by atoms with Crippen LogP contribution in [-0.2, 0) is 10.8 Å². The van der Waals surface area contributed by atoms with Crippen molar-refractivity contribution in [1.82, 2.24) is 19.1 Å². The van der Waals surface area contributed by atoms with Crippen molar-refractivity contribution in [2.45, 2.75) is 66.2 Å². The number of fused-ring (bicyclic) bond motifs is 7. The van der Waals surface area contributed by atoms with Crippen LogP contribution < -0.4 is 14.5 Å². The Morgan fingerprint density at radius 3 is 1.88 bits per heavy atom. The minimum Gasteiger partial charge on any atom is -0.457 e. The van der Waals surface area contributed by atoms with Gasteiger partial charge in [0.1, 0.15) is 24.0 Å². The van der Waals surface area contributed by atoms with Gasteiger partial charge in [0.2, 0.25) is 0 Å². The maximum atomic E-state index is 7.13. The van der Waals surface area contributed by atoms with E-state index in [1.165, 1.54) is 38.7 Å². The van der Waals surface area contributed by atoms with Crippen molar-refractivity contribution in [3.8, 4) is 23.0 Å². The molecule has 0 unspecified atom stereocenters. The molecule has 10 aromatic rings. The molecule has 64 heavy (non-hydrogen) atoms. The van der Waals surface area contributed by atoms with E-state index >= 15 is 0 Å². The first-order valence-electron chi connectivity index (χ1n) is 22.3. The van der Waals surface area contributed by atoms with E-state index in [-0.39, 0.29) is 10.8 Å². The summed E-state index contributed by atoms with van der Waals surface area (Å²) in [6, 6.07) is 52.1. The molecule has 0 atom stereocenters. The number of para-hydroxylation sites is 3. The standard InChI is InChI=1S/C57H52N6O/c1-36-29-39(57(6,7)8)30-37(2)54(36)61-35-60(48-23-16-27-59-55(48)61)50-33-42(34-51-53(50)45-20-13-15-22-47(45)62(51)40-17-10-9-11-18-40)64-41-24-25-44-43-19-12-14-21-46(43)63(49(44)32-41)52-31-38(26-28-58-52)56(3,4)5/h9-34H,35H2,1-8H3. The second-order valence-corrected chi connectivity index (χ2v) is 19.4. The molecule has 7 nitrogen and oxygen atoms in total. The number of nitrogens with zero attached hydrogens (tertiary/aromatic N) is 6. The van der Waals surface area contributed by atoms with E-state index in [9.17, 15) is 0 Å². The van der Waals surface area contributed by atoms with Crippen molar-refractivity contribution in [1.29, 1.82) is 0 Å². The first kappa shape index (κ1) is 39.5. The van der Waals surface area contributed by atoms with Gasteiger partial charge in [-0.25, -0.2) is 9.97 Å². The zero-order valence-corrected chi connectivity index (χ0v) is 37.8. The molecule has 0 bridgehead atoms. The Morgan fingerprint density at radius 2 is 1.14 bits per heavy atom. The summed E-state index contributed by atoms with van der Waals surface area (Å²) in [7, 11) is 0. The summed E-state index contributed by atoms with van der Waals surface area (Å²) in [5.74, 6) is 3.30. The number of hydrogen-bond donors (Lipinski definition) is 0. The molecule has 0 fully saturated rings. The first-order chi connectivity index (χ1) is 30.8. The van der Waals surface area contributed by atoms with Gasteiger partial charge in [-0.2, -0.15) is 0 Å². The zero-order chi connectivity index (χ0) is 44.1. The summed E-state index contributed by atoms with van der Waals surface area (Å²) in [5.41, 5.74) is 13.8. The predicted octanol–water partition coefficient (Wildman–Crippen LogP) is 14.9. The number of ether oxygens (including phenoxy) is 1. The largest absolute Gasteiger partial charge is 0.457 e. The Balaban J connectivity index is 1.11. The van der Waals surface area contributed by atoms with Crippen LogP contribution >= 0.6 is 0 Å². The molecule has 6 aromatic carbocycles. The van der Waals surface area contributed by atoms with E-state index in [1.807, 2.05) is 18.5 Å². The summed E-state index contributed by atoms with van der Waals surface area (Å²) in [6.07, 6.45) is 3.83. The molecule has 0 amide bonds. The topological polar surface area (TPSA) is 51.4 Å². The Kier molecular flexibility index (Phi) is 9.00. The Morgan fingerprint density at radius 1 is 0.484 bits per heavy atom. The van der Waals surface area contributed by atoms with Gasteiger partial charge in [0.25, 0.3) is 0 Å². The van der Waals surface area contributed by atoms with E-state index in [0.29, 0.717) is 6.67 Å². The third kappa shape index (κ3) is 6.40. The third-order valence-corrected chi connectivity index (χ3v) is 13.0. The van der Waals surface area contributed by atoms with Crippen LogP contribution in [0.2, 0.25) is 0 Å². The summed E-state index contributed by atoms with van der Waals surface area (Å²) in [4.78, 5) is 14.8. The van der Waals surface area contributed by atoms with Gasteiger partial charge in [-0.05, 0) is 108 Å². The van der Waals surface area contributed by atoms with Crippen LogP contribution in [0.15, 0.2) is 158 Å². The van der Waals surface area contributed by atoms with Crippen LogP contribution in [0.4, 0.5) is 22.9 Å². The normalized spacial score (nSPS) is 13.2. The summed E-state index contributed by atoms with van der Waals surface area (Å²) < 4.78 is 11.8. The molecule has 0 N–H and O–H groups in total. The molecule has 5 heterocycles. The number of pyridine rings is 2. The summed E-state index contributed by atoms with van der Waals surface area (Å²) >= 11 is 0. The number of aryl methyl sites for hydroxylation is 2. The van der Waals surface area contributed by atoms with Gasteiger partial charge in [-0.3, -0.25) is 4.57 Å². The SMILES string of the molecule is Cc1cc(C(C)(C)C)cc(C)c1N1CN(c2cc(Oc3ccc4c5ccccc5n(-c5cc(C(C)(C)C)ccn5)c4c3)cc3c2c2ccccc2n3-c2ccccc2)c2cccnc21. The van der Waals surface area contributed by atoms with Crippen molar-refractivity contribution in [3.63, 3.8) is 0 Å². The molecule has 0 saturated heterocycles. The maximum Gasteiger partial charge on any atom is 0.158 e. The molecule has 7 heteroatoms. The van der Waals surface area contributed by atoms with Crippen LogP contribution in [0.25, 0.3) is 55.1 Å². The molecule has 1 aliphatic rings. The Hall–Kier alpha value is -7.38. The number of rotatable bonds is 6. The quantitative estimate of drug-likeness (QED) is 0.167. The first-order valence-corrected chi connectivity index (χ1v) is 22.3. The lowest BCUT2D eigenvalue weighted by atomic mass is 9.84. The predicted molar refractivity (Wildman–Crippen MR) is 266 cm³/mol. The van der Waals surface area contributed by atoms with Gasteiger partial charge >= 0.3 is 0 Å². The highest BCUT2D eigenvalue weighted by Gasteiger charge is 2.34. The van der Waals surface area contributed by atoms with Gasteiger partial charge in [-0.1, -0.05) is 108 Å². The molecule has 1 aliphatic heterocycles. The Bertz CT molecular complexity index is 3430. The summed E-state index contributed by atoms with van der Waals surface area (Å²) in [5, 5.41) is 4.64. The highest BCUT2D eigenvalue weighted by Crippen LogP contribution is 2.50. The van der Waals surface area contributed by atoms with Crippen LogP contribution in [-0.4, -0.2) is 25.8 Å². The third-order valence-electron chi connectivity index (χ3n) is 13.0. The molecule has 4 aromatic heterocycles. The second kappa shape index (κ2) is 14.6. The molecular formula is C57H52N6O. The smallest absolute Gasteiger partial charge is 0.158 e. The van der Waals surface area contributed by atoms with E-state index in [2.05, 4.69) is 214 Å². The highest BCUT2D eigenvalue weighted by molar-refractivity contribution is 6.17. The van der Waals surface area contributed by atoms with Gasteiger partial charge in [0.15, 0.2) is 5.82 Å². The molecular weight excluding hydrogens is 785 g/mol. The molecule has 0 spiro atoms. The molecule has 0 radical (unpaired) electrons. The van der Waals surface area contributed by atoms with E-state index < -0.39 is 0 Å². The van der Waals surface area contributed by atoms with Gasteiger partial charge < -0.3 is 19.1 Å². The molecule has 0 aliphatic carbocycles. The Labute approximate surface area is 374 Å². The fourth-order valence-corrected chi connectivity index (χ4v) is 9.87. The molecule has 11 rings (SSSR count). The number of aromatic nitrogens is 4. The van der Waals surface area contributed by atoms with Crippen LogP contribution in [0, 0.1) is 13.8 Å². The zero-order valence-electron chi connectivity index (χ0n) is 37.8. The van der Waals surface area contributed by atoms with Crippen LogP contribution in [0.5, 0.6) is 11.5 Å². The fourth-order valence-electron chi connectivity index (χ4n) is 9.87. The number of hydrogen-bond acceptors (Lipinski definition) is 5. The van der Waals surface area contributed by atoms with E-state index in [1.54, 1.807) is 0 Å². The lowest BCUT2D eigenvalue weighted by molar-refractivity contribution is 0.484. The van der Waals surface area contributed by atoms with Crippen molar-refractivity contribution in [2.24, 2.45) is 0 Å². The monoisotopic (exact) mass is 836 g/mol. The lowest BCUT2D eigenvalue weighted by Crippen LogP contribution is -2.26. The fraction of sp³-hybridized carbons (Fsp3) is 0.193. The lowest BCUT2D eigenvalue weighted by Gasteiger charge is -2.28. The van der Waals surface area contributed by atoms with Crippen molar-refractivity contribution < 1.29 is 4.74 Å². The average Bonchev–Trinajstić information content (AvgIpc) is 3.93. The van der Waals surface area contributed by atoms with Crippen LogP contribution in [0.1, 0.15) is 63.8 Å². The van der Waals surface area contributed by atoms with Gasteiger partial charge in [-0.15, -0.1) is 0 Å². The van der Waals surface area contributed by atoms with Gasteiger partial charge in [0.05, 0.1) is 39.1 Å². The van der Waals surface area contributed by atoms with Crippen LogP contribution in [0.3, 0.4) is 0 Å². The van der Waals surface area contributed by atoms with Crippen molar-refractivity contribution >= 4 is 66.5 Å². The molecule has 0 saturated carbocycles. The van der Waals surface area contributed by atoms with E-state index in [4.69, 9.17) is 14.7 Å². The molecule has 316 valence electrons. The number of anilines is 4. The minimum absolute atomic E-state index is 0.0270. The maximum absolute atomic E-state index is 7.13. The number of benzene rings is 6. The van der Waals surface area contributed by atoms with Crippen molar-refractivity contribution in [3.05, 3.63) is 180 Å².